The van der Waals surface area contributed by atoms with Gasteiger partial charge in [0.2, 0.25) is 10.0 Å². The van der Waals surface area contributed by atoms with Gasteiger partial charge < -0.3 is 4.98 Å². The van der Waals surface area contributed by atoms with Gasteiger partial charge in [-0.2, -0.15) is 5.10 Å². The molecule has 0 aliphatic heterocycles. The van der Waals surface area contributed by atoms with E-state index >= 15 is 0 Å². The second kappa shape index (κ2) is 5.78. The van der Waals surface area contributed by atoms with Crippen LogP contribution in [0.3, 0.4) is 0 Å². The van der Waals surface area contributed by atoms with Crippen LogP contribution in [0, 0.1) is 0 Å². The van der Waals surface area contributed by atoms with Crippen LogP contribution in [0.4, 0.5) is 0 Å². The zero-order valence-electron chi connectivity index (χ0n) is 14.6. The van der Waals surface area contributed by atoms with Crippen molar-refractivity contribution < 1.29 is 8.42 Å². The number of H-pyrrole nitrogens is 1. The van der Waals surface area contributed by atoms with Crippen molar-refractivity contribution >= 4 is 20.9 Å². The van der Waals surface area contributed by atoms with Gasteiger partial charge in [0.05, 0.1) is 11.1 Å². The van der Waals surface area contributed by atoms with E-state index in [1.807, 2.05) is 20.2 Å². The van der Waals surface area contributed by atoms with Crippen LogP contribution in [0.25, 0.3) is 10.9 Å². The molecule has 0 saturated heterocycles. The maximum Gasteiger partial charge on any atom is 0.251 e. The predicted octanol–water partition coefficient (Wildman–Crippen LogP) is 1.68. The van der Waals surface area contributed by atoms with Gasteiger partial charge in [-0.15, -0.1) is 0 Å². The summed E-state index contributed by atoms with van der Waals surface area (Å²) in [5.74, 6) is 0. The van der Waals surface area contributed by atoms with Gasteiger partial charge in [-0.25, -0.2) is 13.1 Å². The average Bonchev–Trinajstić information content (AvgIpc) is 3.13. The molecule has 0 radical (unpaired) electrons. The third kappa shape index (κ3) is 3.30. The van der Waals surface area contributed by atoms with Crippen molar-refractivity contribution in [3.63, 3.8) is 0 Å². The third-order valence-electron chi connectivity index (χ3n) is 4.74. The molecule has 0 unspecified atom stereocenters. The van der Waals surface area contributed by atoms with E-state index in [1.165, 1.54) is 6.07 Å². The molecule has 1 fully saturated rings. The SMILES string of the molecule is Cn1cc(Cc2cc3cc(S(=O)(=O)NC4(C)CC4)ccc3[nH]c2=O)cn1. The van der Waals surface area contributed by atoms with Crippen LogP contribution in [-0.4, -0.2) is 28.7 Å². The molecule has 0 atom stereocenters. The molecule has 1 aromatic carbocycles. The first-order chi connectivity index (χ1) is 12.2. The maximum atomic E-state index is 12.6. The summed E-state index contributed by atoms with van der Waals surface area (Å²) in [6.07, 6.45) is 5.70. The standard InChI is InChI=1S/C18H20N4O3S/c1-18(5-6-18)21-26(24,25)15-3-4-16-13(9-15)8-14(17(23)20-16)7-12-10-19-22(2)11-12/h3-4,8-11,21H,5-7H2,1-2H3,(H,20,23). The number of aromatic nitrogens is 3. The highest BCUT2D eigenvalue weighted by atomic mass is 32.2. The highest BCUT2D eigenvalue weighted by Crippen LogP contribution is 2.36. The molecule has 0 bridgehead atoms. The minimum atomic E-state index is -3.58. The highest BCUT2D eigenvalue weighted by molar-refractivity contribution is 7.89. The second-order valence-electron chi connectivity index (χ2n) is 7.24. The maximum absolute atomic E-state index is 12.6. The monoisotopic (exact) mass is 372 g/mol. The molecule has 0 spiro atoms. The summed E-state index contributed by atoms with van der Waals surface area (Å²) in [7, 11) is -1.76. The molecule has 1 aliphatic rings. The Hall–Kier alpha value is -2.45. The number of nitrogens with zero attached hydrogens (tertiary/aromatic N) is 2. The molecule has 4 rings (SSSR count). The highest BCUT2D eigenvalue weighted by Gasteiger charge is 2.41. The first-order valence-electron chi connectivity index (χ1n) is 8.42. The second-order valence-corrected chi connectivity index (χ2v) is 8.92. The Labute approximate surface area is 151 Å². The van der Waals surface area contributed by atoms with E-state index in [0.717, 1.165) is 18.4 Å². The molecule has 1 saturated carbocycles. The Morgan fingerprint density at radius 2 is 2.08 bits per heavy atom. The molecule has 136 valence electrons. The Bertz CT molecular complexity index is 1160. The van der Waals surface area contributed by atoms with Gasteiger partial charge in [-0.05, 0) is 55.0 Å². The Morgan fingerprint density at radius 1 is 1.31 bits per heavy atom. The molecular formula is C18H20N4O3S. The lowest BCUT2D eigenvalue weighted by Crippen LogP contribution is -2.34. The van der Waals surface area contributed by atoms with Crippen molar-refractivity contribution in [1.29, 1.82) is 0 Å². The molecule has 2 N–H and O–H groups in total. The van der Waals surface area contributed by atoms with E-state index in [1.54, 1.807) is 29.1 Å². The zero-order chi connectivity index (χ0) is 18.5. The van der Waals surface area contributed by atoms with Crippen molar-refractivity contribution in [3.05, 3.63) is 58.1 Å². The molecule has 2 heterocycles. The Morgan fingerprint density at radius 3 is 2.73 bits per heavy atom. The van der Waals surface area contributed by atoms with Crippen LogP contribution >= 0.6 is 0 Å². The summed E-state index contributed by atoms with van der Waals surface area (Å²) >= 11 is 0. The molecule has 26 heavy (non-hydrogen) atoms. The van der Waals surface area contributed by atoms with Crippen LogP contribution in [0.15, 0.2) is 46.3 Å². The van der Waals surface area contributed by atoms with Gasteiger partial charge in [0, 0.05) is 36.3 Å². The summed E-state index contributed by atoms with van der Waals surface area (Å²) in [5.41, 5.74) is 1.60. The van der Waals surface area contributed by atoms with Crippen molar-refractivity contribution in [1.82, 2.24) is 19.5 Å². The van der Waals surface area contributed by atoms with E-state index in [4.69, 9.17) is 0 Å². The topological polar surface area (TPSA) is 96.9 Å². The van der Waals surface area contributed by atoms with Gasteiger partial charge in [0.15, 0.2) is 0 Å². The summed E-state index contributed by atoms with van der Waals surface area (Å²) in [6.45, 7) is 1.90. The number of fused-ring (bicyclic) bond motifs is 1. The minimum absolute atomic E-state index is 0.180. The lowest BCUT2D eigenvalue weighted by Gasteiger charge is -2.12. The molecule has 1 aliphatic carbocycles. The molecular weight excluding hydrogens is 352 g/mol. The van der Waals surface area contributed by atoms with Crippen LogP contribution in [0.1, 0.15) is 30.9 Å². The van der Waals surface area contributed by atoms with E-state index in [-0.39, 0.29) is 16.0 Å². The van der Waals surface area contributed by atoms with Crippen molar-refractivity contribution in [2.24, 2.45) is 7.05 Å². The van der Waals surface area contributed by atoms with Crippen molar-refractivity contribution in [2.75, 3.05) is 0 Å². The molecule has 7 nitrogen and oxygen atoms in total. The number of benzene rings is 1. The summed E-state index contributed by atoms with van der Waals surface area (Å²) in [4.78, 5) is 15.3. The largest absolute Gasteiger partial charge is 0.322 e. The number of rotatable bonds is 5. The van der Waals surface area contributed by atoms with E-state index in [2.05, 4.69) is 14.8 Å². The number of nitrogens with one attached hydrogen (secondary N) is 2. The number of hydrogen-bond donors (Lipinski definition) is 2. The number of aryl methyl sites for hydroxylation is 1. The van der Waals surface area contributed by atoms with Crippen LogP contribution < -0.4 is 10.3 Å². The van der Waals surface area contributed by atoms with Gasteiger partial charge in [-0.1, -0.05) is 0 Å². The number of pyridine rings is 1. The van der Waals surface area contributed by atoms with Gasteiger partial charge in [0.1, 0.15) is 0 Å². The summed E-state index contributed by atoms with van der Waals surface area (Å²) < 4.78 is 29.6. The van der Waals surface area contributed by atoms with Gasteiger partial charge in [0.25, 0.3) is 5.56 Å². The first kappa shape index (κ1) is 17.0. The van der Waals surface area contributed by atoms with E-state index in [0.29, 0.717) is 22.9 Å². The lowest BCUT2D eigenvalue weighted by atomic mass is 10.1. The number of sulfonamides is 1. The van der Waals surface area contributed by atoms with Gasteiger partial charge in [-0.3, -0.25) is 9.48 Å². The molecule has 3 aromatic rings. The summed E-state index contributed by atoms with van der Waals surface area (Å²) in [6, 6.07) is 6.51. The zero-order valence-corrected chi connectivity index (χ0v) is 15.4. The fourth-order valence-corrected chi connectivity index (χ4v) is 4.48. The van der Waals surface area contributed by atoms with Crippen LogP contribution in [0.2, 0.25) is 0 Å². The quantitative estimate of drug-likeness (QED) is 0.712. The molecule has 2 aromatic heterocycles. The average molecular weight is 372 g/mol. The summed E-state index contributed by atoms with van der Waals surface area (Å²) in [5, 5.41) is 4.80. The van der Waals surface area contributed by atoms with Crippen molar-refractivity contribution in [3.8, 4) is 0 Å². The minimum Gasteiger partial charge on any atom is -0.322 e. The molecule has 0 amide bonds. The van der Waals surface area contributed by atoms with Crippen molar-refractivity contribution in [2.45, 2.75) is 36.6 Å². The fraction of sp³-hybridized carbons (Fsp3) is 0.333. The fourth-order valence-electron chi connectivity index (χ4n) is 2.98. The third-order valence-corrected chi connectivity index (χ3v) is 6.37. The smallest absolute Gasteiger partial charge is 0.251 e. The number of aromatic amines is 1. The number of hydrogen-bond acceptors (Lipinski definition) is 4. The predicted molar refractivity (Wildman–Crippen MR) is 98.5 cm³/mol. The Balaban J connectivity index is 1.72. The normalized spacial score (nSPS) is 16.1. The van der Waals surface area contributed by atoms with Crippen LogP contribution in [-0.2, 0) is 23.5 Å². The Kier molecular flexibility index (Phi) is 3.78. The molecule has 8 heteroatoms. The van der Waals surface area contributed by atoms with Gasteiger partial charge >= 0.3 is 0 Å². The van der Waals surface area contributed by atoms with Crippen LogP contribution in [0.5, 0.6) is 0 Å². The first-order valence-corrected chi connectivity index (χ1v) is 9.90. The van der Waals surface area contributed by atoms with E-state index < -0.39 is 10.0 Å². The lowest BCUT2D eigenvalue weighted by molar-refractivity contribution is 0.558. The van der Waals surface area contributed by atoms with E-state index in [9.17, 15) is 13.2 Å².